The summed E-state index contributed by atoms with van der Waals surface area (Å²) in [5.74, 6) is 0.400. The lowest BCUT2D eigenvalue weighted by Crippen LogP contribution is -2.48. The first-order valence-electron chi connectivity index (χ1n) is 9.37. The Bertz CT molecular complexity index is 708. The first-order valence-corrected chi connectivity index (χ1v) is 9.75. The van der Waals surface area contributed by atoms with Crippen molar-refractivity contribution in [3.05, 3.63) is 53.6 Å². The first-order chi connectivity index (χ1) is 12.1. The van der Waals surface area contributed by atoms with Gasteiger partial charge in [-0.25, -0.2) is 0 Å². The summed E-state index contributed by atoms with van der Waals surface area (Å²) in [6.45, 7) is 4.92. The van der Waals surface area contributed by atoms with Gasteiger partial charge in [-0.1, -0.05) is 43.5 Å². The van der Waals surface area contributed by atoms with Crippen molar-refractivity contribution < 1.29 is 4.79 Å². The highest BCUT2D eigenvalue weighted by atomic mass is 35.5. The summed E-state index contributed by atoms with van der Waals surface area (Å²) >= 11 is 5.98. The molecule has 132 valence electrons. The van der Waals surface area contributed by atoms with Gasteiger partial charge in [0.05, 0.1) is 19.5 Å². The molecular formula is C22H27ClNO+. The Morgan fingerprint density at radius 1 is 0.920 bits per heavy atom. The Labute approximate surface area is 156 Å². The molecule has 1 saturated heterocycles. The van der Waals surface area contributed by atoms with Crippen LogP contribution in [-0.2, 0) is 4.79 Å². The highest BCUT2D eigenvalue weighted by Gasteiger charge is 2.38. The topological polar surface area (TPSA) is 17.1 Å². The molecule has 0 radical (unpaired) electrons. The van der Waals surface area contributed by atoms with Gasteiger partial charge in [0, 0.05) is 5.02 Å². The smallest absolute Gasteiger partial charge is 0.192 e. The van der Waals surface area contributed by atoms with Crippen LogP contribution < -0.4 is 4.48 Å². The quantitative estimate of drug-likeness (QED) is 0.448. The predicted octanol–water partition coefficient (Wildman–Crippen LogP) is 5.87. The molecule has 1 heterocycles. The molecule has 0 bridgehead atoms. The van der Waals surface area contributed by atoms with E-state index in [2.05, 4.69) is 31.2 Å². The molecule has 2 nitrogen and oxygen atoms in total. The van der Waals surface area contributed by atoms with E-state index < -0.39 is 0 Å². The molecule has 2 aromatic carbocycles. The number of nitrogens with zero attached hydrogens (tertiary/aromatic N) is 1. The number of carbonyl (C=O) groups is 1. The number of benzene rings is 2. The molecule has 1 aliphatic rings. The first kappa shape index (κ1) is 18.2. The molecule has 25 heavy (non-hydrogen) atoms. The highest BCUT2D eigenvalue weighted by molar-refractivity contribution is 6.30. The van der Waals surface area contributed by atoms with Gasteiger partial charge in [0.15, 0.2) is 5.78 Å². The molecule has 0 aromatic heterocycles. The molecule has 0 saturated carbocycles. The van der Waals surface area contributed by atoms with Crippen LogP contribution in [0, 0.1) is 0 Å². The molecule has 1 fully saturated rings. The van der Waals surface area contributed by atoms with E-state index >= 15 is 0 Å². The van der Waals surface area contributed by atoms with E-state index in [-0.39, 0.29) is 0 Å². The van der Waals surface area contributed by atoms with E-state index in [9.17, 15) is 4.79 Å². The van der Waals surface area contributed by atoms with Crippen molar-refractivity contribution in [3.63, 3.8) is 0 Å². The minimum absolute atomic E-state index is 0.400. The molecule has 2 aromatic rings. The predicted molar refractivity (Wildman–Crippen MR) is 107 cm³/mol. The summed E-state index contributed by atoms with van der Waals surface area (Å²) in [5.41, 5.74) is 3.64. The van der Waals surface area contributed by atoms with Gasteiger partial charge in [-0.15, -0.1) is 0 Å². The number of carbonyl (C=O) groups excluding carboxylic acids is 1. The van der Waals surface area contributed by atoms with Gasteiger partial charge in [0.1, 0.15) is 12.2 Å². The average Bonchev–Trinajstić information content (AvgIpc) is 3.02. The maximum atomic E-state index is 12.0. The minimum atomic E-state index is 0.400. The molecule has 0 N–H and O–H groups in total. The summed E-state index contributed by atoms with van der Waals surface area (Å²) in [6, 6.07) is 16.7. The number of Topliss-reactive ketones (excluding diaryl/α,β-unsaturated/α-hetero) is 1. The minimum Gasteiger partial charge on any atom is -0.293 e. The van der Waals surface area contributed by atoms with Crippen LogP contribution in [-0.4, -0.2) is 25.4 Å². The number of unbranched alkanes of at least 4 members (excludes halogenated alkanes) is 3. The second kappa shape index (κ2) is 8.16. The Morgan fingerprint density at radius 3 is 2.12 bits per heavy atom. The van der Waals surface area contributed by atoms with Gasteiger partial charge in [-0.3, -0.25) is 9.28 Å². The van der Waals surface area contributed by atoms with E-state index in [4.69, 9.17) is 11.6 Å². The lowest BCUT2D eigenvalue weighted by Gasteiger charge is -2.33. The molecule has 0 spiro atoms. The third-order valence-electron chi connectivity index (χ3n) is 5.33. The Morgan fingerprint density at radius 2 is 1.56 bits per heavy atom. The standard InChI is InChI=1S/C22H27ClNO/c1-2-3-4-5-15-24(16-14-22(25)17-24)21-12-8-19(9-13-21)18-6-10-20(23)11-7-18/h6-13H,2-5,14-17H2,1H3/q+1. The maximum absolute atomic E-state index is 12.0. The van der Waals surface area contributed by atoms with Gasteiger partial charge in [0.25, 0.3) is 0 Å². The lowest BCUT2D eigenvalue weighted by atomic mass is 10.0. The fourth-order valence-electron chi connectivity index (χ4n) is 3.83. The maximum Gasteiger partial charge on any atom is 0.192 e. The van der Waals surface area contributed by atoms with Gasteiger partial charge < -0.3 is 0 Å². The van der Waals surface area contributed by atoms with E-state index in [1.54, 1.807) is 0 Å². The van der Waals surface area contributed by atoms with Crippen molar-refractivity contribution in [2.75, 3.05) is 19.6 Å². The van der Waals surface area contributed by atoms with Crippen molar-refractivity contribution in [1.82, 2.24) is 4.48 Å². The normalized spacial score (nSPS) is 20.2. The largest absolute Gasteiger partial charge is 0.293 e. The monoisotopic (exact) mass is 356 g/mol. The van der Waals surface area contributed by atoms with Crippen LogP contribution in [0.5, 0.6) is 0 Å². The fourth-order valence-corrected chi connectivity index (χ4v) is 3.95. The zero-order valence-electron chi connectivity index (χ0n) is 15.0. The number of rotatable bonds is 7. The Balaban J connectivity index is 1.79. The molecule has 1 unspecified atom stereocenters. The van der Waals surface area contributed by atoms with Crippen LogP contribution >= 0.6 is 11.6 Å². The van der Waals surface area contributed by atoms with Crippen molar-refractivity contribution in [2.45, 2.75) is 39.0 Å². The number of likely N-dealkylation sites (tertiary alicyclic amines) is 1. The van der Waals surface area contributed by atoms with Crippen LogP contribution in [0.15, 0.2) is 48.5 Å². The van der Waals surface area contributed by atoms with Crippen LogP contribution in [0.1, 0.15) is 39.0 Å². The second-order valence-corrected chi connectivity index (χ2v) is 7.59. The number of quaternary nitrogens is 1. The summed E-state index contributed by atoms with van der Waals surface area (Å²) in [7, 11) is 0. The fraction of sp³-hybridized carbons (Fsp3) is 0.409. The summed E-state index contributed by atoms with van der Waals surface area (Å²) in [5, 5.41) is 0.757. The number of ketones is 1. The van der Waals surface area contributed by atoms with E-state index in [0.717, 1.165) is 22.6 Å². The zero-order chi connectivity index (χ0) is 17.7. The molecule has 3 rings (SSSR count). The van der Waals surface area contributed by atoms with Crippen molar-refractivity contribution >= 4 is 23.1 Å². The zero-order valence-corrected chi connectivity index (χ0v) is 15.8. The number of hydrogen-bond acceptors (Lipinski definition) is 1. The lowest BCUT2D eigenvalue weighted by molar-refractivity contribution is -0.116. The molecular weight excluding hydrogens is 330 g/mol. The highest BCUT2D eigenvalue weighted by Crippen LogP contribution is 2.31. The summed E-state index contributed by atoms with van der Waals surface area (Å²) < 4.78 is 0.837. The average molecular weight is 357 g/mol. The van der Waals surface area contributed by atoms with Crippen LogP contribution in [0.2, 0.25) is 5.02 Å². The van der Waals surface area contributed by atoms with Crippen molar-refractivity contribution in [1.29, 1.82) is 0 Å². The third kappa shape index (κ3) is 4.31. The third-order valence-corrected chi connectivity index (χ3v) is 5.58. The van der Waals surface area contributed by atoms with Crippen LogP contribution in [0.4, 0.5) is 5.69 Å². The summed E-state index contributed by atoms with van der Waals surface area (Å²) in [4.78, 5) is 12.0. The van der Waals surface area contributed by atoms with E-state index in [0.29, 0.717) is 18.7 Å². The molecule has 1 atom stereocenters. The number of halogens is 1. The Hall–Kier alpha value is -1.64. The SMILES string of the molecule is CCCCCC[N+]1(c2ccc(-c3ccc(Cl)cc3)cc2)CCC(=O)C1. The molecule has 1 aliphatic heterocycles. The molecule has 0 aliphatic carbocycles. The van der Waals surface area contributed by atoms with E-state index in [1.165, 1.54) is 42.5 Å². The van der Waals surface area contributed by atoms with Crippen molar-refractivity contribution in [2.24, 2.45) is 0 Å². The van der Waals surface area contributed by atoms with Gasteiger partial charge in [-0.05, 0) is 60.4 Å². The van der Waals surface area contributed by atoms with Gasteiger partial charge >= 0.3 is 0 Å². The second-order valence-electron chi connectivity index (χ2n) is 7.15. The van der Waals surface area contributed by atoms with Crippen LogP contribution in [0.3, 0.4) is 0 Å². The summed E-state index contributed by atoms with van der Waals surface area (Å²) in [6.07, 6.45) is 5.69. The van der Waals surface area contributed by atoms with E-state index in [1.807, 2.05) is 24.3 Å². The molecule has 0 amide bonds. The Kier molecular flexibility index (Phi) is 5.93. The molecule has 3 heteroatoms. The van der Waals surface area contributed by atoms with Gasteiger partial charge in [-0.2, -0.15) is 0 Å². The number of hydrogen-bond donors (Lipinski definition) is 0. The van der Waals surface area contributed by atoms with Crippen LogP contribution in [0.25, 0.3) is 11.1 Å². The van der Waals surface area contributed by atoms with Gasteiger partial charge in [0.2, 0.25) is 0 Å². The van der Waals surface area contributed by atoms with Crippen molar-refractivity contribution in [3.8, 4) is 11.1 Å².